The van der Waals surface area contributed by atoms with E-state index in [4.69, 9.17) is 11.6 Å². The van der Waals surface area contributed by atoms with Crippen molar-refractivity contribution in [3.63, 3.8) is 0 Å². The van der Waals surface area contributed by atoms with Gasteiger partial charge in [0, 0.05) is 19.3 Å². The fourth-order valence-electron chi connectivity index (χ4n) is 1.80. The van der Waals surface area contributed by atoms with Gasteiger partial charge in [-0.15, -0.1) is 0 Å². The van der Waals surface area contributed by atoms with Crippen molar-refractivity contribution in [2.75, 3.05) is 18.0 Å². The Morgan fingerprint density at radius 3 is 3.06 bits per heavy atom. The van der Waals surface area contributed by atoms with Gasteiger partial charge in [-0.1, -0.05) is 6.92 Å². The van der Waals surface area contributed by atoms with Crippen molar-refractivity contribution in [1.82, 2.24) is 9.97 Å². The van der Waals surface area contributed by atoms with Crippen LogP contribution < -0.4 is 4.90 Å². The molecular formula is C10H13BrClN3O. The van der Waals surface area contributed by atoms with Gasteiger partial charge >= 0.3 is 0 Å². The Labute approximate surface area is 108 Å². The van der Waals surface area contributed by atoms with Gasteiger partial charge in [-0.05, 0) is 39.9 Å². The van der Waals surface area contributed by atoms with Gasteiger partial charge in [-0.2, -0.15) is 4.98 Å². The second-order valence-electron chi connectivity index (χ2n) is 4.09. The molecule has 2 heterocycles. The molecule has 1 N–H and O–H groups in total. The Morgan fingerprint density at radius 2 is 2.38 bits per heavy atom. The van der Waals surface area contributed by atoms with E-state index in [0.717, 1.165) is 23.3 Å². The zero-order chi connectivity index (χ0) is 11.7. The lowest BCUT2D eigenvalue weighted by atomic mass is 9.96. The van der Waals surface area contributed by atoms with Gasteiger partial charge in [0.1, 0.15) is 5.82 Å². The first-order valence-corrected chi connectivity index (χ1v) is 6.36. The summed E-state index contributed by atoms with van der Waals surface area (Å²) in [6, 6.07) is 0. The Morgan fingerprint density at radius 1 is 1.62 bits per heavy atom. The standard InChI is InChI=1S/C10H13BrClN3O/c1-6-2-3-15(5-8(6)16)9-7(11)4-13-10(12)14-9/h4,6,8,16H,2-3,5H2,1H3. The lowest BCUT2D eigenvalue weighted by Crippen LogP contribution is -2.43. The van der Waals surface area contributed by atoms with Crippen LogP contribution in [0.15, 0.2) is 10.7 Å². The maximum absolute atomic E-state index is 9.84. The van der Waals surface area contributed by atoms with Crippen LogP contribution >= 0.6 is 27.5 Å². The summed E-state index contributed by atoms with van der Waals surface area (Å²) in [5.41, 5.74) is 0. The molecule has 88 valence electrons. The van der Waals surface area contributed by atoms with Gasteiger partial charge in [-0.25, -0.2) is 4.98 Å². The van der Waals surface area contributed by atoms with E-state index in [1.54, 1.807) is 6.20 Å². The van der Waals surface area contributed by atoms with Crippen LogP contribution in [-0.4, -0.2) is 34.3 Å². The zero-order valence-electron chi connectivity index (χ0n) is 8.90. The highest BCUT2D eigenvalue weighted by Gasteiger charge is 2.26. The predicted octanol–water partition coefficient (Wildman–Crippen LogP) is 2.10. The second kappa shape index (κ2) is 4.85. The monoisotopic (exact) mass is 305 g/mol. The van der Waals surface area contributed by atoms with E-state index in [0.29, 0.717) is 12.5 Å². The van der Waals surface area contributed by atoms with Crippen LogP contribution in [0.3, 0.4) is 0 Å². The summed E-state index contributed by atoms with van der Waals surface area (Å²) in [4.78, 5) is 10.1. The smallest absolute Gasteiger partial charge is 0.224 e. The van der Waals surface area contributed by atoms with E-state index < -0.39 is 0 Å². The van der Waals surface area contributed by atoms with Gasteiger partial charge in [-0.3, -0.25) is 0 Å². The van der Waals surface area contributed by atoms with Crippen molar-refractivity contribution in [3.05, 3.63) is 16.0 Å². The SMILES string of the molecule is CC1CCN(c2nc(Cl)ncc2Br)CC1O. The third-order valence-electron chi connectivity index (χ3n) is 2.91. The molecule has 1 fully saturated rings. The molecule has 0 aromatic carbocycles. The van der Waals surface area contributed by atoms with Crippen molar-refractivity contribution in [1.29, 1.82) is 0 Å². The van der Waals surface area contributed by atoms with Crippen LogP contribution in [0.25, 0.3) is 0 Å². The molecular weight excluding hydrogens is 293 g/mol. The summed E-state index contributed by atoms with van der Waals surface area (Å²) >= 11 is 9.16. The van der Waals surface area contributed by atoms with Crippen LogP contribution in [0.2, 0.25) is 5.28 Å². The molecule has 1 aromatic rings. The van der Waals surface area contributed by atoms with Crippen molar-refractivity contribution in [3.8, 4) is 0 Å². The van der Waals surface area contributed by atoms with E-state index in [1.807, 2.05) is 4.90 Å². The molecule has 1 saturated heterocycles. The molecule has 1 aromatic heterocycles. The first-order chi connectivity index (χ1) is 7.58. The molecule has 2 atom stereocenters. The quantitative estimate of drug-likeness (QED) is 0.807. The number of aliphatic hydroxyl groups is 1. The third kappa shape index (κ3) is 2.47. The molecule has 0 bridgehead atoms. The number of nitrogens with zero attached hydrogens (tertiary/aromatic N) is 3. The van der Waals surface area contributed by atoms with E-state index in [9.17, 15) is 5.11 Å². The Balaban J connectivity index is 2.21. The molecule has 0 spiro atoms. The summed E-state index contributed by atoms with van der Waals surface area (Å²) in [7, 11) is 0. The average molecular weight is 307 g/mol. The lowest BCUT2D eigenvalue weighted by molar-refractivity contribution is 0.102. The minimum absolute atomic E-state index is 0.228. The van der Waals surface area contributed by atoms with Gasteiger partial charge in [0.05, 0.1) is 10.6 Å². The van der Waals surface area contributed by atoms with Crippen LogP contribution in [0.1, 0.15) is 13.3 Å². The highest BCUT2D eigenvalue weighted by atomic mass is 79.9. The minimum atomic E-state index is -0.311. The van der Waals surface area contributed by atoms with E-state index >= 15 is 0 Å². The number of piperidine rings is 1. The summed E-state index contributed by atoms with van der Waals surface area (Å²) in [5.74, 6) is 1.10. The van der Waals surface area contributed by atoms with Crippen LogP contribution in [0, 0.1) is 5.92 Å². The minimum Gasteiger partial charge on any atom is -0.391 e. The number of halogens is 2. The van der Waals surface area contributed by atoms with E-state index in [2.05, 4.69) is 32.8 Å². The van der Waals surface area contributed by atoms with Crippen molar-refractivity contribution < 1.29 is 5.11 Å². The maximum Gasteiger partial charge on any atom is 0.224 e. The van der Waals surface area contributed by atoms with Crippen LogP contribution in [0.4, 0.5) is 5.82 Å². The molecule has 16 heavy (non-hydrogen) atoms. The molecule has 0 radical (unpaired) electrons. The molecule has 1 aliphatic rings. The fraction of sp³-hybridized carbons (Fsp3) is 0.600. The van der Waals surface area contributed by atoms with Gasteiger partial charge in [0.15, 0.2) is 0 Å². The van der Waals surface area contributed by atoms with Gasteiger partial charge in [0.2, 0.25) is 5.28 Å². The molecule has 2 unspecified atom stereocenters. The molecule has 1 aliphatic heterocycles. The molecule has 2 rings (SSSR count). The fourth-order valence-corrected chi connectivity index (χ4v) is 2.37. The molecule has 4 nitrogen and oxygen atoms in total. The number of hydrogen-bond donors (Lipinski definition) is 1. The Bertz CT molecular complexity index is 390. The lowest BCUT2D eigenvalue weighted by Gasteiger charge is -2.35. The van der Waals surface area contributed by atoms with Crippen LogP contribution in [-0.2, 0) is 0 Å². The summed E-state index contributed by atoms with van der Waals surface area (Å²) in [6.45, 7) is 3.53. The molecule has 0 amide bonds. The number of rotatable bonds is 1. The molecule has 6 heteroatoms. The second-order valence-corrected chi connectivity index (χ2v) is 5.28. The van der Waals surface area contributed by atoms with E-state index in [1.165, 1.54) is 0 Å². The van der Waals surface area contributed by atoms with Crippen molar-refractivity contribution in [2.24, 2.45) is 5.92 Å². The number of aliphatic hydroxyl groups excluding tert-OH is 1. The Kier molecular flexibility index (Phi) is 3.66. The van der Waals surface area contributed by atoms with E-state index in [-0.39, 0.29) is 11.4 Å². The summed E-state index contributed by atoms with van der Waals surface area (Å²) in [5, 5.41) is 10.1. The number of aromatic nitrogens is 2. The first-order valence-electron chi connectivity index (χ1n) is 5.19. The number of hydrogen-bond acceptors (Lipinski definition) is 4. The molecule has 0 saturated carbocycles. The normalized spacial score (nSPS) is 25.9. The summed E-state index contributed by atoms with van der Waals surface area (Å²) < 4.78 is 0.804. The first kappa shape index (κ1) is 12.1. The Hall–Kier alpha value is -0.390. The largest absolute Gasteiger partial charge is 0.391 e. The maximum atomic E-state index is 9.84. The zero-order valence-corrected chi connectivity index (χ0v) is 11.2. The summed E-state index contributed by atoms with van der Waals surface area (Å²) in [6.07, 6.45) is 2.28. The van der Waals surface area contributed by atoms with Crippen molar-refractivity contribution in [2.45, 2.75) is 19.4 Å². The molecule has 0 aliphatic carbocycles. The topological polar surface area (TPSA) is 49.2 Å². The number of anilines is 1. The highest BCUT2D eigenvalue weighted by Crippen LogP contribution is 2.28. The third-order valence-corrected chi connectivity index (χ3v) is 3.66. The van der Waals surface area contributed by atoms with Gasteiger partial charge in [0.25, 0.3) is 0 Å². The van der Waals surface area contributed by atoms with Gasteiger partial charge < -0.3 is 10.0 Å². The number of β-amino-alcohol motifs (C(OH)–C–C–N with tert-alkyl or cyclic N) is 1. The average Bonchev–Trinajstić information content (AvgIpc) is 2.26. The highest BCUT2D eigenvalue weighted by molar-refractivity contribution is 9.10. The van der Waals surface area contributed by atoms with Crippen LogP contribution in [0.5, 0.6) is 0 Å². The predicted molar refractivity (Wildman–Crippen MR) is 66.7 cm³/mol. The van der Waals surface area contributed by atoms with Crippen molar-refractivity contribution >= 4 is 33.3 Å².